The molecule has 0 atom stereocenters. The third-order valence-electron chi connectivity index (χ3n) is 2.25. The molecule has 1 N–H and O–H groups in total. The highest BCUT2D eigenvalue weighted by Crippen LogP contribution is 2.29. The molecule has 0 saturated heterocycles. The lowest BCUT2D eigenvalue weighted by molar-refractivity contribution is 0.759. The van der Waals surface area contributed by atoms with E-state index in [1.807, 2.05) is 24.4 Å². The summed E-state index contributed by atoms with van der Waals surface area (Å²) in [5.41, 5.74) is 0. The molecule has 0 saturated carbocycles. The van der Waals surface area contributed by atoms with Crippen molar-refractivity contribution in [2.45, 2.75) is 16.3 Å². The van der Waals surface area contributed by atoms with Crippen molar-refractivity contribution in [3.05, 3.63) is 30.2 Å². The Kier molecular flexibility index (Phi) is 3.88. The van der Waals surface area contributed by atoms with Crippen molar-refractivity contribution < 1.29 is 0 Å². The first-order valence-electron chi connectivity index (χ1n) is 5.91. The summed E-state index contributed by atoms with van der Waals surface area (Å²) in [6, 6.07) is 4.03. The predicted molar refractivity (Wildman–Crippen MR) is 77.3 cm³/mol. The van der Waals surface area contributed by atoms with Crippen LogP contribution in [0.2, 0.25) is 0 Å². The number of nitrogens with zero attached hydrogens (tertiary/aromatic N) is 6. The quantitative estimate of drug-likeness (QED) is 0.773. The van der Waals surface area contributed by atoms with Gasteiger partial charge in [-0.2, -0.15) is 24.7 Å². The molecule has 7 nitrogen and oxygen atoms in total. The summed E-state index contributed by atoms with van der Waals surface area (Å²) in [7, 11) is 0. The highest BCUT2D eigenvalue weighted by atomic mass is 32.2. The van der Waals surface area contributed by atoms with Crippen molar-refractivity contribution in [2.75, 3.05) is 11.9 Å². The molecule has 0 amide bonds. The van der Waals surface area contributed by atoms with Crippen LogP contribution in [-0.4, -0.2) is 36.3 Å². The molecule has 3 heterocycles. The molecule has 102 valence electrons. The third-order valence-corrected chi connectivity index (χ3v) is 4.15. The van der Waals surface area contributed by atoms with Gasteiger partial charge in [0.25, 0.3) is 5.95 Å². The first-order valence-corrected chi connectivity index (χ1v) is 7.61. The van der Waals surface area contributed by atoms with Gasteiger partial charge in [0.1, 0.15) is 12.7 Å². The smallest absolute Gasteiger partial charge is 0.257 e. The molecule has 0 bridgehead atoms. The average Bonchev–Trinajstić information content (AvgIpc) is 3.11. The van der Waals surface area contributed by atoms with Crippen LogP contribution in [0.3, 0.4) is 0 Å². The van der Waals surface area contributed by atoms with Gasteiger partial charge in [0.2, 0.25) is 5.95 Å². The van der Waals surface area contributed by atoms with Gasteiger partial charge in [-0.1, -0.05) is 6.07 Å². The number of aromatic nitrogens is 6. The van der Waals surface area contributed by atoms with E-state index in [0.717, 1.165) is 10.8 Å². The minimum Gasteiger partial charge on any atom is -0.354 e. The van der Waals surface area contributed by atoms with Gasteiger partial charge in [-0.05, 0) is 30.1 Å². The molecule has 9 heteroatoms. The monoisotopic (exact) mass is 305 g/mol. The predicted octanol–water partition coefficient (Wildman–Crippen LogP) is 2.10. The molecule has 3 rings (SSSR count). The van der Waals surface area contributed by atoms with Crippen LogP contribution in [0.4, 0.5) is 5.95 Å². The SMILES string of the molecule is CCNc1nc(Sc2cccs2)nc(-n2cncn2)n1. The minimum absolute atomic E-state index is 0.451. The van der Waals surface area contributed by atoms with E-state index in [9.17, 15) is 0 Å². The maximum Gasteiger partial charge on any atom is 0.257 e. The van der Waals surface area contributed by atoms with Crippen molar-refractivity contribution in [3.63, 3.8) is 0 Å². The molecule has 0 aliphatic rings. The fraction of sp³-hybridized carbons (Fsp3) is 0.182. The number of hydrogen-bond acceptors (Lipinski definition) is 8. The summed E-state index contributed by atoms with van der Waals surface area (Å²) >= 11 is 3.15. The maximum atomic E-state index is 4.40. The zero-order valence-electron chi connectivity index (χ0n) is 10.6. The van der Waals surface area contributed by atoms with Gasteiger partial charge >= 0.3 is 0 Å². The number of hydrogen-bond donors (Lipinski definition) is 1. The molecular weight excluding hydrogens is 294 g/mol. The summed E-state index contributed by atoms with van der Waals surface area (Å²) in [6.45, 7) is 2.73. The van der Waals surface area contributed by atoms with E-state index in [2.05, 4.69) is 30.4 Å². The van der Waals surface area contributed by atoms with Gasteiger partial charge in [-0.25, -0.2) is 4.98 Å². The van der Waals surface area contributed by atoms with Crippen LogP contribution >= 0.6 is 23.1 Å². The van der Waals surface area contributed by atoms with Crippen LogP contribution in [0.1, 0.15) is 6.92 Å². The molecule has 0 spiro atoms. The van der Waals surface area contributed by atoms with E-state index in [1.54, 1.807) is 17.7 Å². The number of rotatable bonds is 5. The Bertz CT molecular complexity index is 666. The largest absolute Gasteiger partial charge is 0.354 e. The first kappa shape index (κ1) is 13.0. The summed E-state index contributed by atoms with van der Waals surface area (Å²) in [5.74, 6) is 0.986. The highest BCUT2D eigenvalue weighted by Gasteiger charge is 2.10. The molecule has 20 heavy (non-hydrogen) atoms. The molecule has 0 radical (unpaired) electrons. The molecule has 0 aliphatic heterocycles. The van der Waals surface area contributed by atoms with E-state index >= 15 is 0 Å². The summed E-state index contributed by atoms with van der Waals surface area (Å²) in [4.78, 5) is 17.0. The van der Waals surface area contributed by atoms with E-state index in [0.29, 0.717) is 17.1 Å². The Balaban J connectivity index is 1.96. The Labute approximate surface area is 123 Å². The van der Waals surface area contributed by atoms with Crippen LogP contribution in [0.5, 0.6) is 0 Å². The van der Waals surface area contributed by atoms with Crippen molar-refractivity contribution in [2.24, 2.45) is 0 Å². The Morgan fingerprint density at radius 1 is 1.35 bits per heavy atom. The third kappa shape index (κ3) is 2.94. The van der Waals surface area contributed by atoms with Gasteiger partial charge in [0.05, 0.1) is 4.21 Å². The van der Waals surface area contributed by atoms with E-state index < -0.39 is 0 Å². The van der Waals surface area contributed by atoms with Crippen LogP contribution < -0.4 is 5.32 Å². The Hall–Kier alpha value is -2.00. The fourth-order valence-corrected chi connectivity index (χ4v) is 3.07. The number of thiophene rings is 1. The summed E-state index contributed by atoms with van der Waals surface area (Å²) < 4.78 is 2.64. The zero-order chi connectivity index (χ0) is 13.8. The van der Waals surface area contributed by atoms with Crippen molar-refractivity contribution in [3.8, 4) is 5.95 Å². The second-order valence-corrected chi connectivity index (χ2v) is 5.86. The number of nitrogens with one attached hydrogen (secondary N) is 1. The van der Waals surface area contributed by atoms with E-state index in [4.69, 9.17) is 0 Å². The second-order valence-electron chi connectivity index (χ2n) is 3.65. The highest BCUT2D eigenvalue weighted by molar-refractivity contribution is 8.01. The molecule has 0 aliphatic carbocycles. The molecule has 0 unspecified atom stereocenters. The number of anilines is 1. The minimum atomic E-state index is 0.451. The van der Waals surface area contributed by atoms with Crippen LogP contribution in [-0.2, 0) is 0 Å². The standard InChI is InChI=1S/C11H11N7S2/c1-2-13-9-15-10(18-7-12-6-14-18)17-11(16-9)20-8-4-3-5-19-8/h3-7H,2H2,1H3,(H,13,15,16,17). The van der Waals surface area contributed by atoms with Gasteiger partial charge in [0.15, 0.2) is 5.16 Å². The van der Waals surface area contributed by atoms with Gasteiger partial charge < -0.3 is 5.32 Å². The lowest BCUT2D eigenvalue weighted by Gasteiger charge is -2.06. The molecule has 0 fully saturated rings. The molecule has 3 aromatic heterocycles. The molecule has 0 aromatic carbocycles. The van der Waals surface area contributed by atoms with Crippen molar-refractivity contribution in [1.29, 1.82) is 0 Å². The second kappa shape index (κ2) is 5.97. The summed E-state index contributed by atoms with van der Waals surface area (Å²) in [5, 5.41) is 9.79. The van der Waals surface area contributed by atoms with Gasteiger partial charge in [-0.3, -0.25) is 0 Å². The van der Waals surface area contributed by atoms with Gasteiger partial charge in [0, 0.05) is 6.54 Å². The van der Waals surface area contributed by atoms with Crippen LogP contribution in [0.25, 0.3) is 5.95 Å². The topological polar surface area (TPSA) is 81.4 Å². The Morgan fingerprint density at radius 3 is 3.00 bits per heavy atom. The first-order chi connectivity index (χ1) is 9.85. The van der Waals surface area contributed by atoms with Crippen molar-refractivity contribution in [1.82, 2.24) is 29.7 Å². The van der Waals surface area contributed by atoms with Crippen LogP contribution in [0.15, 0.2) is 39.5 Å². The molecular formula is C11H11N7S2. The normalized spacial score (nSPS) is 10.7. The van der Waals surface area contributed by atoms with E-state index in [-0.39, 0.29) is 0 Å². The molecule has 3 aromatic rings. The van der Waals surface area contributed by atoms with Crippen molar-refractivity contribution >= 4 is 29.0 Å². The van der Waals surface area contributed by atoms with Gasteiger partial charge in [-0.15, -0.1) is 11.3 Å². The Morgan fingerprint density at radius 2 is 2.30 bits per heavy atom. The maximum absolute atomic E-state index is 4.40. The fourth-order valence-electron chi connectivity index (χ4n) is 1.45. The summed E-state index contributed by atoms with van der Waals surface area (Å²) in [6.07, 6.45) is 3.01. The lowest BCUT2D eigenvalue weighted by atomic mass is 10.7. The van der Waals surface area contributed by atoms with E-state index in [1.165, 1.54) is 22.8 Å². The van der Waals surface area contributed by atoms with Crippen LogP contribution in [0, 0.1) is 0 Å². The zero-order valence-corrected chi connectivity index (χ0v) is 12.2. The average molecular weight is 305 g/mol. The lowest BCUT2D eigenvalue weighted by Crippen LogP contribution is -2.09.